The SMILES string of the molecule is N#CC(C#N)=Cc1cn(-c2ccccc2)nc1-c1ccc(Cl)cc1. The first kappa shape index (κ1) is 15.6. The lowest BCUT2D eigenvalue weighted by molar-refractivity contribution is 0.884. The monoisotopic (exact) mass is 330 g/mol. The van der Waals surface area contributed by atoms with Crippen molar-refractivity contribution in [2.24, 2.45) is 0 Å². The number of para-hydroxylation sites is 1. The zero-order valence-corrected chi connectivity index (χ0v) is 13.3. The van der Waals surface area contributed by atoms with Crippen LogP contribution in [0.25, 0.3) is 23.0 Å². The summed E-state index contributed by atoms with van der Waals surface area (Å²) in [7, 11) is 0. The first-order valence-corrected chi connectivity index (χ1v) is 7.52. The standard InChI is InChI=1S/C19H11ClN4/c20-17-8-6-15(7-9-17)19-16(10-14(11-21)12-22)13-24(23-19)18-4-2-1-3-5-18/h1-10,13H. The third-order valence-corrected chi connectivity index (χ3v) is 3.67. The summed E-state index contributed by atoms with van der Waals surface area (Å²) < 4.78 is 1.72. The minimum absolute atomic E-state index is 0.0258. The fourth-order valence-corrected chi connectivity index (χ4v) is 2.41. The number of nitriles is 2. The van der Waals surface area contributed by atoms with Crippen LogP contribution in [0.3, 0.4) is 0 Å². The Morgan fingerprint density at radius 3 is 2.29 bits per heavy atom. The van der Waals surface area contributed by atoms with Crippen LogP contribution in [-0.2, 0) is 0 Å². The summed E-state index contributed by atoms with van der Waals surface area (Å²) in [5.74, 6) is 0. The van der Waals surface area contributed by atoms with E-state index in [2.05, 4.69) is 5.10 Å². The van der Waals surface area contributed by atoms with Crippen LogP contribution in [0.4, 0.5) is 0 Å². The highest BCUT2D eigenvalue weighted by Gasteiger charge is 2.12. The number of benzene rings is 2. The minimum Gasteiger partial charge on any atom is -0.240 e. The van der Waals surface area contributed by atoms with Crippen LogP contribution in [0.15, 0.2) is 66.4 Å². The quantitative estimate of drug-likeness (QED) is 0.658. The van der Waals surface area contributed by atoms with Gasteiger partial charge in [-0.3, -0.25) is 0 Å². The summed E-state index contributed by atoms with van der Waals surface area (Å²) in [6.45, 7) is 0. The molecule has 5 heteroatoms. The number of hydrogen-bond donors (Lipinski definition) is 0. The van der Waals surface area contributed by atoms with Crippen molar-refractivity contribution in [1.82, 2.24) is 9.78 Å². The fraction of sp³-hybridized carbons (Fsp3) is 0. The highest BCUT2D eigenvalue weighted by atomic mass is 35.5. The summed E-state index contributed by atoms with van der Waals surface area (Å²) in [5.41, 5.74) is 3.15. The van der Waals surface area contributed by atoms with Gasteiger partial charge in [0.1, 0.15) is 23.4 Å². The zero-order chi connectivity index (χ0) is 16.9. The maximum atomic E-state index is 9.02. The van der Waals surface area contributed by atoms with E-state index in [4.69, 9.17) is 22.1 Å². The summed E-state index contributed by atoms with van der Waals surface area (Å²) in [6, 6.07) is 20.7. The van der Waals surface area contributed by atoms with E-state index in [1.165, 1.54) is 6.08 Å². The molecule has 2 aromatic carbocycles. The Morgan fingerprint density at radius 2 is 1.67 bits per heavy atom. The Balaban J connectivity index is 2.17. The molecule has 0 aliphatic heterocycles. The molecule has 0 aliphatic rings. The molecular weight excluding hydrogens is 320 g/mol. The van der Waals surface area contributed by atoms with Crippen LogP contribution in [0.2, 0.25) is 5.02 Å². The Morgan fingerprint density at radius 1 is 1.00 bits per heavy atom. The van der Waals surface area contributed by atoms with E-state index in [9.17, 15) is 0 Å². The first-order valence-electron chi connectivity index (χ1n) is 7.14. The maximum absolute atomic E-state index is 9.02. The van der Waals surface area contributed by atoms with Crippen molar-refractivity contribution in [2.75, 3.05) is 0 Å². The smallest absolute Gasteiger partial charge is 0.130 e. The predicted octanol–water partition coefficient (Wildman–Crippen LogP) is 4.62. The lowest BCUT2D eigenvalue weighted by atomic mass is 10.1. The van der Waals surface area contributed by atoms with Gasteiger partial charge in [-0.15, -0.1) is 0 Å². The molecule has 0 bridgehead atoms. The van der Waals surface area contributed by atoms with Crippen molar-refractivity contribution in [3.05, 3.63) is 77.0 Å². The number of halogens is 1. The lowest BCUT2D eigenvalue weighted by Crippen LogP contribution is -1.93. The number of rotatable bonds is 3. The van der Waals surface area contributed by atoms with E-state index in [0.29, 0.717) is 16.3 Å². The molecule has 1 heterocycles. The summed E-state index contributed by atoms with van der Waals surface area (Å²) in [6.07, 6.45) is 3.34. The molecule has 0 unspecified atom stereocenters. The molecule has 3 rings (SSSR count). The van der Waals surface area contributed by atoms with Gasteiger partial charge in [0.05, 0.1) is 5.69 Å². The molecule has 1 aromatic heterocycles. The van der Waals surface area contributed by atoms with Crippen molar-refractivity contribution >= 4 is 17.7 Å². The number of allylic oxidation sites excluding steroid dienone is 1. The lowest BCUT2D eigenvalue weighted by Gasteiger charge is -2.00. The molecule has 0 radical (unpaired) electrons. The number of nitrogens with zero attached hydrogens (tertiary/aromatic N) is 4. The van der Waals surface area contributed by atoms with Crippen LogP contribution < -0.4 is 0 Å². The first-order chi connectivity index (χ1) is 11.7. The summed E-state index contributed by atoms with van der Waals surface area (Å²) in [5, 5.41) is 23.3. The topological polar surface area (TPSA) is 65.4 Å². The highest BCUT2D eigenvalue weighted by Crippen LogP contribution is 2.26. The average molecular weight is 331 g/mol. The molecule has 114 valence electrons. The van der Waals surface area contributed by atoms with Gasteiger partial charge in [-0.25, -0.2) is 4.68 Å². The Kier molecular flexibility index (Phi) is 4.43. The average Bonchev–Trinajstić information content (AvgIpc) is 3.05. The Hall–Kier alpha value is -3.34. The third kappa shape index (κ3) is 3.20. The van der Waals surface area contributed by atoms with Crippen molar-refractivity contribution in [3.63, 3.8) is 0 Å². The van der Waals surface area contributed by atoms with Gasteiger partial charge in [-0.05, 0) is 30.3 Å². The van der Waals surface area contributed by atoms with E-state index < -0.39 is 0 Å². The molecule has 0 aliphatic carbocycles. The minimum atomic E-state index is 0.0258. The van der Waals surface area contributed by atoms with Crippen molar-refractivity contribution in [2.45, 2.75) is 0 Å². The second kappa shape index (κ2) is 6.83. The molecule has 0 saturated carbocycles. The Bertz CT molecular complexity index is 955. The Labute approximate surface area is 144 Å². The van der Waals surface area contributed by atoms with Gasteiger partial charge >= 0.3 is 0 Å². The van der Waals surface area contributed by atoms with E-state index >= 15 is 0 Å². The molecule has 4 nitrogen and oxygen atoms in total. The van der Waals surface area contributed by atoms with Gasteiger partial charge in [-0.2, -0.15) is 15.6 Å². The van der Waals surface area contributed by atoms with Crippen LogP contribution in [0, 0.1) is 22.7 Å². The van der Waals surface area contributed by atoms with Gasteiger partial charge < -0.3 is 0 Å². The van der Waals surface area contributed by atoms with Crippen LogP contribution in [0.1, 0.15) is 5.56 Å². The van der Waals surface area contributed by atoms with Crippen molar-refractivity contribution in [1.29, 1.82) is 10.5 Å². The van der Waals surface area contributed by atoms with Gasteiger partial charge in [0, 0.05) is 22.3 Å². The van der Waals surface area contributed by atoms with Crippen molar-refractivity contribution < 1.29 is 0 Å². The van der Waals surface area contributed by atoms with E-state index in [1.54, 1.807) is 23.0 Å². The molecule has 0 amide bonds. The molecular formula is C19H11ClN4. The second-order valence-electron chi connectivity index (χ2n) is 5.00. The predicted molar refractivity (Wildman–Crippen MR) is 93.2 cm³/mol. The molecule has 0 atom stereocenters. The second-order valence-corrected chi connectivity index (χ2v) is 5.44. The maximum Gasteiger partial charge on any atom is 0.130 e. The van der Waals surface area contributed by atoms with Crippen molar-refractivity contribution in [3.8, 4) is 29.1 Å². The zero-order valence-electron chi connectivity index (χ0n) is 12.5. The normalized spacial score (nSPS) is 9.79. The van der Waals surface area contributed by atoms with E-state index in [1.807, 2.05) is 54.6 Å². The van der Waals surface area contributed by atoms with Crippen LogP contribution >= 0.6 is 11.6 Å². The molecule has 0 fully saturated rings. The highest BCUT2D eigenvalue weighted by molar-refractivity contribution is 6.30. The number of hydrogen-bond acceptors (Lipinski definition) is 3. The van der Waals surface area contributed by atoms with Gasteiger partial charge in [0.25, 0.3) is 0 Å². The molecule has 3 aromatic rings. The van der Waals surface area contributed by atoms with E-state index in [-0.39, 0.29) is 5.57 Å². The summed E-state index contributed by atoms with van der Waals surface area (Å²) in [4.78, 5) is 0. The largest absolute Gasteiger partial charge is 0.240 e. The summed E-state index contributed by atoms with van der Waals surface area (Å²) >= 11 is 5.95. The fourth-order valence-electron chi connectivity index (χ4n) is 2.28. The van der Waals surface area contributed by atoms with Gasteiger partial charge in [-0.1, -0.05) is 41.9 Å². The van der Waals surface area contributed by atoms with Crippen LogP contribution in [-0.4, -0.2) is 9.78 Å². The number of aromatic nitrogens is 2. The van der Waals surface area contributed by atoms with Gasteiger partial charge in [0.15, 0.2) is 0 Å². The van der Waals surface area contributed by atoms with E-state index in [0.717, 1.165) is 11.3 Å². The molecule has 0 spiro atoms. The van der Waals surface area contributed by atoms with Gasteiger partial charge in [0.2, 0.25) is 0 Å². The van der Waals surface area contributed by atoms with Crippen LogP contribution in [0.5, 0.6) is 0 Å². The third-order valence-electron chi connectivity index (χ3n) is 3.42. The molecule has 0 N–H and O–H groups in total. The molecule has 0 saturated heterocycles. The molecule has 24 heavy (non-hydrogen) atoms.